The molecule has 2 aromatic heterocycles. The minimum absolute atomic E-state index is 0.00792. The third-order valence-corrected chi connectivity index (χ3v) is 4.45. The van der Waals surface area contributed by atoms with Crippen LogP contribution in [0.5, 0.6) is 0 Å². The summed E-state index contributed by atoms with van der Waals surface area (Å²) in [7, 11) is 1.78. The normalized spacial score (nSPS) is 19.0. The topological polar surface area (TPSA) is 60.5 Å². The molecule has 0 N–H and O–H groups in total. The van der Waals surface area contributed by atoms with Crippen LogP contribution in [0, 0.1) is 0 Å². The molecule has 1 atom stereocenters. The Morgan fingerprint density at radius 1 is 1.25 bits per heavy atom. The highest BCUT2D eigenvalue weighted by atomic mass is 16.5. The standard InChI is InChI=1S/C18H19N3O3/c1-20-17(19-14-6-3-2-5-13(14)18(20)22)12-21-8-10-24-16(11-21)15-7-4-9-23-15/h2-7,9,16H,8,10-12H2,1H3. The number of para-hydroxylation sites is 1. The summed E-state index contributed by atoms with van der Waals surface area (Å²) in [5, 5.41) is 0.652. The third-order valence-electron chi connectivity index (χ3n) is 4.45. The van der Waals surface area contributed by atoms with Crippen molar-refractivity contribution in [3.8, 4) is 0 Å². The van der Waals surface area contributed by atoms with Gasteiger partial charge in [0.15, 0.2) is 0 Å². The summed E-state index contributed by atoms with van der Waals surface area (Å²) >= 11 is 0. The van der Waals surface area contributed by atoms with Gasteiger partial charge in [0.25, 0.3) is 5.56 Å². The van der Waals surface area contributed by atoms with E-state index >= 15 is 0 Å². The van der Waals surface area contributed by atoms with E-state index in [9.17, 15) is 4.79 Å². The van der Waals surface area contributed by atoms with E-state index in [-0.39, 0.29) is 11.7 Å². The average Bonchev–Trinajstić information content (AvgIpc) is 3.14. The monoisotopic (exact) mass is 325 g/mol. The Kier molecular flexibility index (Phi) is 3.92. The number of morpholine rings is 1. The summed E-state index contributed by atoms with van der Waals surface area (Å²) in [5.74, 6) is 1.60. The smallest absolute Gasteiger partial charge is 0.261 e. The maximum Gasteiger partial charge on any atom is 0.261 e. The predicted molar refractivity (Wildman–Crippen MR) is 89.7 cm³/mol. The van der Waals surface area contributed by atoms with Crippen LogP contribution in [0.2, 0.25) is 0 Å². The van der Waals surface area contributed by atoms with Crippen LogP contribution in [0.4, 0.5) is 0 Å². The van der Waals surface area contributed by atoms with Crippen molar-refractivity contribution in [1.29, 1.82) is 0 Å². The minimum Gasteiger partial charge on any atom is -0.467 e. The first kappa shape index (κ1) is 15.1. The maximum atomic E-state index is 12.5. The molecular weight excluding hydrogens is 306 g/mol. The van der Waals surface area contributed by atoms with E-state index in [4.69, 9.17) is 9.15 Å². The van der Waals surface area contributed by atoms with Crippen LogP contribution in [0.1, 0.15) is 17.7 Å². The lowest BCUT2D eigenvalue weighted by atomic mass is 10.2. The second-order valence-electron chi connectivity index (χ2n) is 6.02. The van der Waals surface area contributed by atoms with Gasteiger partial charge >= 0.3 is 0 Å². The van der Waals surface area contributed by atoms with Crippen molar-refractivity contribution in [2.75, 3.05) is 19.7 Å². The lowest BCUT2D eigenvalue weighted by Gasteiger charge is -2.31. The van der Waals surface area contributed by atoms with Crippen LogP contribution < -0.4 is 5.56 Å². The number of rotatable bonds is 3. The van der Waals surface area contributed by atoms with E-state index in [0.717, 1.165) is 30.2 Å². The van der Waals surface area contributed by atoms with Gasteiger partial charge in [-0.3, -0.25) is 14.3 Å². The summed E-state index contributed by atoms with van der Waals surface area (Å²) in [6, 6.07) is 11.3. The molecule has 1 aromatic carbocycles. The fraction of sp³-hybridized carbons (Fsp3) is 0.333. The Bertz CT molecular complexity index is 902. The molecule has 1 saturated heterocycles. The molecule has 4 rings (SSSR count). The first-order valence-electron chi connectivity index (χ1n) is 8.04. The van der Waals surface area contributed by atoms with E-state index in [1.807, 2.05) is 36.4 Å². The van der Waals surface area contributed by atoms with Crippen LogP contribution in [0.25, 0.3) is 10.9 Å². The number of hydrogen-bond acceptors (Lipinski definition) is 5. The molecule has 3 aromatic rings. The number of hydrogen-bond donors (Lipinski definition) is 0. The quantitative estimate of drug-likeness (QED) is 0.738. The summed E-state index contributed by atoms with van der Waals surface area (Å²) in [6.07, 6.45) is 1.58. The Hall–Kier alpha value is -2.44. The molecule has 1 unspecified atom stereocenters. The fourth-order valence-electron chi connectivity index (χ4n) is 3.10. The van der Waals surface area contributed by atoms with Gasteiger partial charge in [-0.15, -0.1) is 0 Å². The molecule has 1 aliphatic heterocycles. The van der Waals surface area contributed by atoms with Gasteiger partial charge in [-0.1, -0.05) is 12.1 Å². The van der Waals surface area contributed by atoms with Crippen LogP contribution in [0.3, 0.4) is 0 Å². The molecule has 6 heteroatoms. The summed E-state index contributed by atoms with van der Waals surface area (Å²) in [4.78, 5) is 19.4. The molecule has 0 amide bonds. The Morgan fingerprint density at radius 2 is 2.12 bits per heavy atom. The molecule has 0 spiro atoms. The van der Waals surface area contributed by atoms with Gasteiger partial charge in [0.1, 0.15) is 17.7 Å². The highest BCUT2D eigenvalue weighted by molar-refractivity contribution is 5.77. The van der Waals surface area contributed by atoms with E-state index in [1.54, 1.807) is 17.9 Å². The zero-order valence-corrected chi connectivity index (χ0v) is 13.5. The zero-order valence-electron chi connectivity index (χ0n) is 13.5. The van der Waals surface area contributed by atoms with Gasteiger partial charge in [0.05, 0.1) is 30.3 Å². The number of fused-ring (bicyclic) bond motifs is 1. The van der Waals surface area contributed by atoms with Gasteiger partial charge < -0.3 is 9.15 Å². The fourth-order valence-corrected chi connectivity index (χ4v) is 3.10. The number of benzene rings is 1. The number of ether oxygens (including phenoxy) is 1. The molecule has 0 saturated carbocycles. The minimum atomic E-state index is -0.0776. The number of aromatic nitrogens is 2. The highest BCUT2D eigenvalue weighted by Crippen LogP contribution is 2.23. The maximum absolute atomic E-state index is 12.5. The van der Waals surface area contributed by atoms with Gasteiger partial charge in [-0.25, -0.2) is 4.98 Å². The largest absolute Gasteiger partial charge is 0.467 e. The SMILES string of the molecule is Cn1c(CN2CCOC(c3ccco3)C2)nc2ccccc2c1=O. The predicted octanol–water partition coefficient (Wildman–Crippen LogP) is 2.10. The molecule has 0 radical (unpaired) electrons. The first-order valence-corrected chi connectivity index (χ1v) is 8.04. The third kappa shape index (κ3) is 2.74. The van der Waals surface area contributed by atoms with Crippen LogP contribution in [-0.2, 0) is 18.3 Å². The van der Waals surface area contributed by atoms with Crippen molar-refractivity contribution in [2.45, 2.75) is 12.6 Å². The highest BCUT2D eigenvalue weighted by Gasteiger charge is 2.25. The molecule has 1 aliphatic rings. The van der Waals surface area contributed by atoms with Gasteiger partial charge in [0, 0.05) is 20.1 Å². The van der Waals surface area contributed by atoms with Gasteiger partial charge in [0.2, 0.25) is 0 Å². The van der Waals surface area contributed by atoms with Crippen molar-refractivity contribution in [3.63, 3.8) is 0 Å². The zero-order chi connectivity index (χ0) is 16.5. The summed E-state index contributed by atoms with van der Waals surface area (Å²) in [6.45, 7) is 2.76. The Labute approximate surface area is 139 Å². The first-order chi connectivity index (χ1) is 11.7. The molecule has 3 heterocycles. The number of nitrogens with zero attached hydrogens (tertiary/aromatic N) is 3. The Balaban J connectivity index is 1.60. The molecule has 124 valence electrons. The van der Waals surface area contributed by atoms with Crippen molar-refractivity contribution < 1.29 is 9.15 Å². The molecular formula is C18H19N3O3. The van der Waals surface area contributed by atoms with Crippen LogP contribution >= 0.6 is 0 Å². The van der Waals surface area contributed by atoms with Crippen LogP contribution in [-0.4, -0.2) is 34.1 Å². The second kappa shape index (κ2) is 6.22. The Morgan fingerprint density at radius 3 is 2.96 bits per heavy atom. The van der Waals surface area contributed by atoms with E-state index in [0.29, 0.717) is 18.5 Å². The van der Waals surface area contributed by atoms with Crippen molar-refractivity contribution in [3.05, 3.63) is 64.6 Å². The van der Waals surface area contributed by atoms with Gasteiger partial charge in [-0.2, -0.15) is 0 Å². The second-order valence-corrected chi connectivity index (χ2v) is 6.02. The molecule has 0 aliphatic carbocycles. The van der Waals surface area contributed by atoms with E-state index in [1.165, 1.54) is 0 Å². The summed E-state index contributed by atoms with van der Waals surface area (Å²) < 4.78 is 12.9. The lowest BCUT2D eigenvalue weighted by molar-refractivity contribution is -0.0437. The van der Waals surface area contributed by atoms with Crippen molar-refractivity contribution in [2.24, 2.45) is 7.05 Å². The van der Waals surface area contributed by atoms with Crippen molar-refractivity contribution >= 4 is 10.9 Å². The lowest BCUT2D eigenvalue weighted by Crippen LogP contribution is -2.39. The number of furan rings is 1. The van der Waals surface area contributed by atoms with Crippen LogP contribution in [0.15, 0.2) is 51.9 Å². The summed E-state index contributed by atoms with van der Waals surface area (Å²) in [5.41, 5.74) is 0.734. The average molecular weight is 325 g/mol. The molecule has 1 fully saturated rings. The van der Waals surface area contributed by atoms with Crippen molar-refractivity contribution in [1.82, 2.24) is 14.5 Å². The molecule has 0 bridgehead atoms. The van der Waals surface area contributed by atoms with Gasteiger partial charge in [-0.05, 0) is 24.3 Å². The molecule has 24 heavy (non-hydrogen) atoms. The van der Waals surface area contributed by atoms with E-state index in [2.05, 4.69) is 9.88 Å². The van der Waals surface area contributed by atoms with E-state index < -0.39 is 0 Å². The molecule has 6 nitrogen and oxygen atoms in total.